The minimum Gasteiger partial charge on any atom is -0.495 e. The Labute approximate surface area is 198 Å². The van der Waals surface area contributed by atoms with E-state index in [2.05, 4.69) is 10.6 Å². The molecule has 0 unspecified atom stereocenters. The molecule has 0 bridgehead atoms. The zero-order valence-corrected chi connectivity index (χ0v) is 19.6. The van der Waals surface area contributed by atoms with Crippen molar-refractivity contribution in [2.75, 3.05) is 45.3 Å². The summed E-state index contributed by atoms with van der Waals surface area (Å²) in [5.74, 6) is -0.00489. The number of amides is 2. The highest BCUT2D eigenvalue weighted by molar-refractivity contribution is 7.89. The Balaban J connectivity index is 1.41. The third-order valence-electron chi connectivity index (χ3n) is 5.43. The van der Waals surface area contributed by atoms with E-state index in [0.717, 1.165) is 12.8 Å². The van der Waals surface area contributed by atoms with Gasteiger partial charge in [0.05, 0.1) is 30.9 Å². The van der Waals surface area contributed by atoms with Crippen LogP contribution in [0.5, 0.6) is 11.5 Å². The monoisotopic (exact) mass is 489 g/mol. The van der Waals surface area contributed by atoms with Crippen molar-refractivity contribution in [2.45, 2.75) is 23.8 Å². The highest BCUT2D eigenvalue weighted by Gasteiger charge is 2.27. The lowest BCUT2D eigenvalue weighted by molar-refractivity contribution is -0.118. The number of nitrogens with zero attached hydrogens (tertiary/aromatic N) is 1. The van der Waals surface area contributed by atoms with Crippen molar-refractivity contribution in [1.82, 2.24) is 9.62 Å². The number of carbonyl (C=O) groups is 2. The van der Waals surface area contributed by atoms with Gasteiger partial charge in [-0.3, -0.25) is 9.59 Å². The lowest BCUT2D eigenvalue weighted by Gasteiger charge is -2.26. The van der Waals surface area contributed by atoms with Crippen molar-refractivity contribution in [2.24, 2.45) is 0 Å². The summed E-state index contributed by atoms with van der Waals surface area (Å²) in [5.41, 5.74) is 0.662. The SMILES string of the molecule is COc1ccc(S(=O)(=O)N2CCOCC2)cc1NC(=O)COc1cccc(C(=O)NC2CC2)c1. The molecule has 0 spiro atoms. The number of sulfonamides is 1. The van der Waals surface area contributed by atoms with Crippen LogP contribution in [0, 0.1) is 0 Å². The van der Waals surface area contributed by atoms with Gasteiger partial charge in [0.15, 0.2) is 6.61 Å². The molecule has 1 aliphatic heterocycles. The minimum atomic E-state index is -3.74. The van der Waals surface area contributed by atoms with Gasteiger partial charge in [0.1, 0.15) is 11.5 Å². The summed E-state index contributed by atoms with van der Waals surface area (Å²) in [6, 6.07) is 11.1. The molecule has 0 atom stereocenters. The third-order valence-corrected chi connectivity index (χ3v) is 7.33. The van der Waals surface area contributed by atoms with Crippen LogP contribution in [-0.2, 0) is 19.6 Å². The molecule has 1 aliphatic carbocycles. The Bertz CT molecular complexity index is 1160. The predicted molar refractivity (Wildman–Crippen MR) is 124 cm³/mol. The molecule has 11 heteroatoms. The average molecular weight is 490 g/mol. The molecule has 1 saturated carbocycles. The molecule has 1 saturated heterocycles. The lowest BCUT2D eigenvalue weighted by Crippen LogP contribution is -2.40. The molecule has 2 fully saturated rings. The van der Waals surface area contributed by atoms with Gasteiger partial charge in [-0.15, -0.1) is 0 Å². The van der Waals surface area contributed by atoms with Crippen LogP contribution in [0.3, 0.4) is 0 Å². The number of morpholine rings is 1. The Kier molecular flexibility index (Phi) is 7.35. The topological polar surface area (TPSA) is 123 Å². The van der Waals surface area contributed by atoms with Gasteiger partial charge in [-0.1, -0.05) is 6.07 Å². The van der Waals surface area contributed by atoms with Gasteiger partial charge >= 0.3 is 0 Å². The smallest absolute Gasteiger partial charge is 0.262 e. The third kappa shape index (κ3) is 5.85. The highest BCUT2D eigenvalue weighted by Crippen LogP contribution is 2.29. The summed E-state index contributed by atoms with van der Waals surface area (Å²) in [5, 5.41) is 5.54. The van der Waals surface area contributed by atoms with E-state index in [1.807, 2.05) is 0 Å². The van der Waals surface area contributed by atoms with Crippen LogP contribution in [0.4, 0.5) is 5.69 Å². The summed E-state index contributed by atoms with van der Waals surface area (Å²) in [6.07, 6.45) is 1.97. The van der Waals surface area contributed by atoms with E-state index in [1.165, 1.54) is 29.6 Å². The summed E-state index contributed by atoms with van der Waals surface area (Å²) >= 11 is 0. The summed E-state index contributed by atoms with van der Waals surface area (Å²) in [4.78, 5) is 24.8. The Morgan fingerprint density at radius 3 is 2.59 bits per heavy atom. The maximum Gasteiger partial charge on any atom is 0.262 e. The van der Waals surface area contributed by atoms with Crippen molar-refractivity contribution >= 4 is 27.5 Å². The van der Waals surface area contributed by atoms with Gasteiger partial charge < -0.3 is 24.8 Å². The Morgan fingerprint density at radius 1 is 1.12 bits per heavy atom. The van der Waals surface area contributed by atoms with Crippen LogP contribution in [-0.4, -0.2) is 70.6 Å². The molecule has 0 aromatic heterocycles. The molecule has 2 aromatic carbocycles. The fourth-order valence-electron chi connectivity index (χ4n) is 3.44. The first-order valence-electron chi connectivity index (χ1n) is 11.0. The number of benzene rings is 2. The first-order valence-corrected chi connectivity index (χ1v) is 12.4. The minimum absolute atomic E-state index is 0.0424. The summed E-state index contributed by atoms with van der Waals surface area (Å²) in [6.45, 7) is 0.861. The van der Waals surface area contributed by atoms with Gasteiger partial charge in [0.25, 0.3) is 11.8 Å². The summed E-state index contributed by atoms with van der Waals surface area (Å²) < 4.78 is 43.3. The molecular formula is C23H27N3O7S. The van der Waals surface area contributed by atoms with E-state index in [4.69, 9.17) is 14.2 Å². The van der Waals surface area contributed by atoms with Crippen molar-refractivity contribution in [3.63, 3.8) is 0 Å². The maximum atomic E-state index is 13.0. The number of nitrogens with one attached hydrogen (secondary N) is 2. The van der Waals surface area contributed by atoms with Crippen molar-refractivity contribution in [3.05, 3.63) is 48.0 Å². The van der Waals surface area contributed by atoms with E-state index in [1.54, 1.807) is 24.3 Å². The molecule has 182 valence electrons. The number of carbonyl (C=O) groups excluding carboxylic acids is 2. The van der Waals surface area contributed by atoms with Gasteiger partial charge in [0.2, 0.25) is 10.0 Å². The second kappa shape index (κ2) is 10.4. The quantitative estimate of drug-likeness (QED) is 0.549. The van der Waals surface area contributed by atoms with Gasteiger partial charge in [0, 0.05) is 24.7 Å². The van der Waals surface area contributed by atoms with Crippen molar-refractivity contribution in [1.29, 1.82) is 0 Å². The number of hydrogen-bond acceptors (Lipinski definition) is 7. The maximum absolute atomic E-state index is 13.0. The van der Waals surface area contributed by atoms with Gasteiger partial charge in [-0.25, -0.2) is 8.42 Å². The summed E-state index contributed by atoms with van der Waals surface area (Å²) in [7, 11) is -2.31. The second-order valence-electron chi connectivity index (χ2n) is 7.99. The Hall–Kier alpha value is -3.15. The zero-order chi connectivity index (χ0) is 24.1. The molecular weight excluding hydrogens is 462 g/mol. The number of hydrogen-bond donors (Lipinski definition) is 2. The van der Waals surface area contributed by atoms with Crippen LogP contribution in [0.15, 0.2) is 47.4 Å². The molecule has 2 amide bonds. The Morgan fingerprint density at radius 2 is 1.88 bits per heavy atom. The van der Waals surface area contributed by atoms with E-state index in [0.29, 0.717) is 30.3 Å². The normalized spacial score (nSPS) is 16.5. The molecule has 1 heterocycles. The largest absolute Gasteiger partial charge is 0.495 e. The van der Waals surface area contributed by atoms with Gasteiger partial charge in [-0.2, -0.15) is 4.31 Å². The second-order valence-corrected chi connectivity index (χ2v) is 9.93. The van der Waals surface area contributed by atoms with E-state index < -0.39 is 15.9 Å². The van der Waals surface area contributed by atoms with E-state index in [9.17, 15) is 18.0 Å². The van der Waals surface area contributed by atoms with Crippen molar-refractivity contribution in [3.8, 4) is 11.5 Å². The number of methoxy groups -OCH3 is 1. The lowest BCUT2D eigenvalue weighted by atomic mass is 10.2. The molecule has 2 aromatic rings. The van der Waals surface area contributed by atoms with Crippen LogP contribution in [0.1, 0.15) is 23.2 Å². The molecule has 2 aliphatic rings. The number of anilines is 1. The fraction of sp³-hybridized carbons (Fsp3) is 0.391. The van der Waals surface area contributed by atoms with E-state index >= 15 is 0 Å². The van der Waals surface area contributed by atoms with Crippen LogP contribution >= 0.6 is 0 Å². The number of ether oxygens (including phenoxy) is 3. The molecule has 0 radical (unpaired) electrons. The number of rotatable bonds is 9. The first kappa shape index (κ1) is 24.0. The van der Waals surface area contributed by atoms with Gasteiger partial charge in [-0.05, 0) is 49.2 Å². The predicted octanol–water partition coefficient (Wildman–Crippen LogP) is 1.63. The highest BCUT2D eigenvalue weighted by atomic mass is 32.2. The van der Waals surface area contributed by atoms with Crippen LogP contribution < -0.4 is 20.1 Å². The first-order chi connectivity index (χ1) is 16.4. The fourth-order valence-corrected chi connectivity index (χ4v) is 4.87. The van der Waals surface area contributed by atoms with Crippen LogP contribution in [0.2, 0.25) is 0 Å². The van der Waals surface area contributed by atoms with Crippen LogP contribution in [0.25, 0.3) is 0 Å². The average Bonchev–Trinajstić information content (AvgIpc) is 3.67. The molecule has 10 nitrogen and oxygen atoms in total. The van der Waals surface area contributed by atoms with Crippen molar-refractivity contribution < 1.29 is 32.2 Å². The standard InChI is InChI=1S/C23H27N3O7S/c1-31-21-8-7-19(34(29,30)26-9-11-32-12-10-26)14-20(21)25-22(27)15-33-18-4-2-3-16(13-18)23(28)24-17-5-6-17/h2-4,7-8,13-14,17H,5-6,9-12,15H2,1H3,(H,24,28)(H,25,27). The molecule has 4 rings (SSSR count). The molecule has 34 heavy (non-hydrogen) atoms. The molecule has 2 N–H and O–H groups in total. The van der Waals surface area contributed by atoms with E-state index in [-0.39, 0.29) is 42.2 Å². The zero-order valence-electron chi connectivity index (χ0n) is 18.8.